The van der Waals surface area contributed by atoms with E-state index in [1.807, 2.05) is 4.98 Å². The van der Waals surface area contributed by atoms with Gasteiger partial charge in [0.2, 0.25) is 0 Å². The molecule has 0 spiro atoms. The molecule has 3 rings (SSSR count). The predicted molar refractivity (Wildman–Crippen MR) is 109 cm³/mol. The van der Waals surface area contributed by atoms with Gasteiger partial charge in [-0.1, -0.05) is 6.92 Å². The lowest BCUT2D eigenvalue weighted by Crippen LogP contribution is -2.56. The van der Waals surface area contributed by atoms with Crippen molar-refractivity contribution in [1.82, 2.24) is 9.55 Å². The quantitative estimate of drug-likeness (QED) is 0.154. The number of nitrogens with zero attached hydrogens (tertiary/aromatic N) is 1. The highest BCUT2D eigenvalue weighted by Gasteiger charge is 2.46. The number of hydrogen-bond acceptors (Lipinski definition) is 16. The lowest BCUT2D eigenvalue weighted by Gasteiger charge is -2.43. The first kappa shape index (κ1) is 29.2. The number of hydrogen-bond donors (Lipinski definition) is 6. The molecule has 2 fully saturated rings. The van der Waals surface area contributed by atoms with E-state index in [9.17, 15) is 48.9 Å². The van der Waals surface area contributed by atoms with Crippen LogP contribution < -0.4 is 26.8 Å². The molecule has 11 atom stereocenters. The van der Waals surface area contributed by atoms with Gasteiger partial charge in [-0.15, -0.1) is 0 Å². The molecule has 20 heteroatoms. The largest absolute Gasteiger partial charge is 0.756 e. The van der Waals surface area contributed by atoms with Crippen molar-refractivity contribution in [2.75, 3.05) is 13.2 Å². The first-order valence-corrected chi connectivity index (χ1v) is 13.3. The molecule has 1 aromatic heterocycles. The maximum absolute atomic E-state index is 12.1. The molecule has 0 aromatic carbocycles. The lowest BCUT2D eigenvalue weighted by atomic mass is 9.92. The first-order valence-electron chi connectivity index (χ1n) is 10.4. The van der Waals surface area contributed by atoms with Gasteiger partial charge in [-0.05, 0) is 0 Å². The number of H-pyrrole nitrogens is 1. The zero-order chi connectivity index (χ0) is 27.0. The van der Waals surface area contributed by atoms with E-state index < -0.39 is 88.6 Å². The van der Waals surface area contributed by atoms with E-state index in [1.165, 1.54) is 6.92 Å². The normalized spacial score (nSPS) is 38.4. The van der Waals surface area contributed by atoms with Crippen molar-refractivity contribution in [3.05, 3.63) is 33.1 Å². The number of phosphoric acid groups is 2. The second-order valence-corrected chi connectivity index (χ2v) is 11.0. The molecule has 18 nitrogen and oxygen atoms in total. The molecule has 7 N–H and O–H groups in total. The van der Waals surface area contributed by atoms with Crippen LogP contribution in [0.25, 0.3) is 0 Å². The summed E-state index contributed by atoms with van der Waals surface area (Å²) in [6.45, 7) is -0.114. The summed E-state index contributed by atoms with van der Waals surface area (Å²) in [6, 6.07) is 0.936. The fourth-order valence-corrected chi connectivity index (χ4v) is 5.71. The monoisotopic (exact) mass is 561 g/mol. The average Bonchev–Trinajstić information content (AvgIpc) is 3.06. The van der Waals surface area contributed by atoms with Crippen LogP contribution in [-0.2, 0) is 32.0 Å². The molecular formula is C16H25N3O15P2-2. The van der Waals surface area contributed by atoms with Crippen molar-refractivity contribution < 1.29 is 62.2 Å². The molecule has 3 heterocycles. The van der Waals surface area contributed by atoms with E-state index in [0.717, 1.165) is 16.8 Å². The Labute approximate surface area is 202 Å². The number of aromatic amines is 1. The molecule has 0 radical (unpaired) electrons. The molecular weight excluding hydrogens is 536 g/mol. The number of nitrogens with one attached hydrogen (secondary N) is 1. The van der Waals surface area contributed by atoms with Gasteiger partial charge < -0.3 is 49.9 Å². The Balaban J connectivity index is 1.61. The van der Waals surface area contributed by atoms with Crippen molar-refractivity contribution in [2.24, 2.45) is 11.7 Å². The van der Waals surface area contributed by atoms with Crippen LogP contribution in [0.5, 0.6) is 0 Å². The highest BCUT2D eigenvalue weighted by atomic mass is 31.3. The van der Waals surface area contributed by atoms with Gasteiger partial charge in [0, 0.05) is 24.7 Å². The number of aromatic nitrogens is 2. The smallest absolute Gasteiger partial charge is 0.330 e. The molecule has 36 heavy (non-hydrogen) atoms. The molecule has 2 aliphatic heterocycles. The fraction of sp³-hybridized carbons (Fsp3) is 0.750. The summed E-state index contributed by atoms with van der Waals surface area (Å²) in [7, 11) is -11.4. The molecule has 0 aliphatic carbocycles. The minimum absolute atomic E-state index is 0.320. The summed E-state index contributed by atoms with van der Waals surface area (Å²) in [5, 5.41) is 40.1. The Kier molecular flexibility index (Phi) is 9.08. The highest BCUT2D eigenvalue weighted by Crippen LogP contribution is 2.57. The second kappa shape index (κ2) is 11.2. The third-order valence-electron chi connectivity index (χ3n) is 5.53. The molecule has 1 aromatic rings. The molecule has 5 unspecified atom stereocenters. The molecule has 0 amide bonds. The van der Waals surface area contributed by atoms with E-state index in [1.54, 1.807) is 0 Å². The van der Waals surface area contributed by atoms with E-state index >= 15 is 0 Å². The van der Waals surface area contributed by atoms with Crippen molar-refractivity contribution in [1.29, 1.82) is 0 Å². The van der Waals surface area contributed by atoms with Gasteiger partial charge in [0.25, 0.3) is 21.2 Å². The summed E-state index contributed by atoms with van der Waals surface area (Å²) in [4.78, 5) is 49.2. The van der Waals surface area contributed by atoms with E-state index in [0.29, 0.717) is 0 Å². The topological polar surface area (TPSA) is 288 Å². The number of nitrogens with two attached hydrogens (primary N) is 1. The van der Waals surface area contributed by atoms with Crippen molar-refractivity contribution >= 4 is 15.6 Å². The molecule has 0 bridgehead atoms. The maximum atomic E-state index is 12.1. The van der Waals surface area contributed by atoms with Crippen molar-refractivity contribution in [3.63, 3.8) is 0 Å². The third kappa shape index (κ3) is 6.56. The van der Waals surface area contributed by atoms with Crippen LogP contribution in [0.4, 0.5) is 0 Å². The van der Waals surface area contributed by atoms with Gasteiger partial charge in [-0.25, -0.2) is 9.11 Å². The number of rotatable bonds is 9. The van der Waals surface area contributed by atoms with Crippen LogP contribution in [0.1, 0.15) is 13.2 Å². The van der Waals surface area contributed by atoms with E-state index in [-0.39, 0.29) is 6.54 Å². The van der Waals surface area contributed by atoms with Gasteiger partial charge in [0.1, 0.15) is 30.5 Å². The van der Waals surface area contributed by atoms with Gasteiger partial charge in [0.15, 0.2) is 12.5 Å². The Morgan fingerprint density at radius 2 is 1.69 bits per heavy atom. The fourth-order valence-electron chi connectivity index (χ4n) is 3.57. The van der Waals surface area contributed by atoms with Crippen LogP contribution in [0.3, 0.4) is 0 Å². The standard InChI is InChI=1S/C16H27N3O15P2/c1-6-10(21)11(22)7(4-17)32-15(6)33-36(28,29)34-35(26,27)30-5-8-12(23)13(24)14(31-8)19-3-2-9(20)18-16(19)25/h2-3,6-8,10-15,21-24H,4-5,17H2,1H3,(H,26,27)(H,28,29)(H,18,20,25)/p-2/t6?,7?,8-,10-,11-,12+,13?,14-,15-/m1/s1. The number of ether oxygens (including phenoxy) is 2. The van der Waals surface area contributed by atoms with E-state index in [4.69, 9.17) is 15.2 Å². The SMILES string of the molecule is CC1[C@@H](OP(=O)([O-])OP(=O)([O-])OC[C@H]2O[C@@H](n3ccc(=O)[nH]c3=O)C(O)[C@H]2O)OC(CN)[C@@H](O)[C@@H]1O. The van der Waals surface area contributed by atoms with E-state index in [2.05, 4.69) is 13.4 Å². The van der Waals surface area contributed by atoms with Crippen molar-refractivity contribution in [2.45, 2.75) is 56.1 Å². The van der Waals surface area contributed by atoms with Crippen LogP contribution in [0.15, 0.2) is 21.9 Å². The Hall–Kier alpha value is -1.34. The Morgan fingerprint density at radius 3 is 2.31 bits per heavy atom. The van der Waals surface area contributed by atoms with Gasteiger partial charge in [-0.2, -0.15) is 0 Å². The number of aliphatic hydroxyl groups excluding tert-OH is 4. The lowest BCUT2D eigenvalue weighted by molar-refractivity contribution is -0.287. The minimum Gasteiger partial charge on any atom is -0.756 e. The minimum atomic E-state index is -5.70. The second-order valence-electron chi connectivity index (χ2n) is 8.06. The van der Waals surface area contributed by atoms with Crippen LogP contribution in [0, 0.1) is 5.92 Å². The van der Waals surface area contributed by atoms with Crippen LogP contribution in [-0.4, -0.2) is 86.0 Å². The van der Waals surface area contributed by atoms with Crippen LogP contribution >= 0.6 is 15.6 Å². The summed E-state index contributed by atoms with van der Waals surface area (Å²) in [5.41, 5.74) is 3.65. The zero-order valence-electron chi connectivity index (χ0n) is 18.5. The molecule has 2 saturated heterocycles. The van der Waals surface area contributed by atoms with Crippen molar-refractivity contribution in [3.8, 4) is 0 Å². The average molecular weight is 561 g/mol. The predicted octanol–water partition coefficient (Wildman–Crippen LogP) is -4.82. The third-order valence-corrected chi connectivity index (χ3v) is 8.06. The van der Waals surface area contributed by atoms with Crippen LogP contribution in [0.2, 0.25) is 0 Å². The first-order chi connectivity index (χ1) is 16.7. The maximum Gasteiger partial charge on any atom is 0.330 e. The molecule has 206 valence electrons. The molecule has 0 saturated carbocycles. The zero-order valence-corrected chi connectivity index (χ0v) is 20.3. The molecule has 2 aliphatic rings. The highest BCUT2D eigenvalue weighted by molar-refractivity contribution is 7.59. The Bertz CT molecular complexity index is 1130. The van der Waals surface area contributed by atoms with Gasteiger partial charge >= 0.3 is 5.69 Å². The number of phosphoric ester groups is 2. The summed E-state index contributed by atoms with van der Waals surface area (Å²) >= 11 is 0. The number of aliphatic hydroxyl groups is 4. The summed E-state index contributed by atoms with van der Waals surface area (Å²) < 4.78 is 48.3. The van der Waals surface area contributed by atoms with Gasteiger partial charge in [-0.3, -0.25) is 28.0 Å². The summed E-state index contributed by atoms with van der Waals surface area (Å²) in [5.74, 6) is -1.14. The van der Waals surface area contributed by atoms with Gasteiger partial charge in [0.05, 0.1) is 12.7 Å². The Morgan fingerprint density at radius 1 is 1.06 bits per heavy atom. The summed E-state index contributed by atoms with van der Waals surface area (Å²) in [6.07, 6.45) is -11.6.